The van der Waals surface area contributed by atoms with Crippen LogP contribution in [0.5, 0.6) is 0 Å². The number of aliphatic hydroxyl groups excluding tert-OH is 1. The van der Waals surface area contributed by atoms with Crippen LogP contribution < -0.4 is 0 Å². The molecule has 0 radical (unpaired) electrons. The van der Waals surface area contributed by atoms with Gasteiger partial charge in [-0.3, -0.25) is 0 Å². The van der Waals surface area contributed by atoms with E-state index in [1.165, 1.54) is 32.1 Å². The number of ether oxygens (including phenoxy) is 1. The molecule has 3 fully saturated rings. The first-order chi connectivity index (χ1) is 10.3. The predicted octanol–water partition coefficient (Wildman–Crippen LogP) is 3.31. The summed E-state index contributed by atoms with van der Waals surface area (Å²) in [7, 11) is 0. The molecule has 0 aromatic heterocycles. The molecule has 0 aromatic carbocycles. The van der Waals surface area contributed by atoms with E-state index in [0.29, 0.717) is 18.1 Å². The highest BCUT2D eigenvalue weighted by Gasteiger charge is 2.60. The fraction of sp³-hybridized carbons (Fsp3) is 1.00. The second kappa shape index (κ2) is 6.07. The molecule has 0 amide bonds. The molecule has 5 unspecified atom stereocenters. The Hall–Kier alpha value is -0.120. The van der Waals surface area contributed by atoms with Crippen LogP contribution in [0.1, 0.15) is 59.8 Å². The van der Waals surface area contributed by atoms with Gasteiger partial charge in [-0.1, -0.05) is 27.7 Å². The number of piperidine rings is 1. The van der Waals surface area contributed by atoms with E-state index in [2.05, 4.69) is 32.6 Å². The third-order valence-corrected chi connectivity index (χ3v) is 6.80. The molecule has 2 bridgehead atoms. The Morgan fingerprint density at radius 3 is 2.68 bits per heavy atom. The van der Waals surface area contributed by atoms with Crippen molar-refractivity contribution in [1.82, 2.24) is 4.90 Å². The largest absolute Gasteiger partial charge is 0.389 e. The van der Waals surface area contributed by atoms with Crippen molar-refractivity contribution in [3.63, 3.8) is 0 Å². The van der Waals surface area contributed by atoms with Crippen molar-refractivity contribution in [2.24, 2.45) is 22.7 Å². The lowest BCUT2D eigenvalue weighted by Gasteiger charge is -2.43. The maximum atomic E-state index is 10.4. The van der Waals surface area contributed by atoms with Crippen LogP contribution >= 0.6 is 0 Å². The number of nitrogens with zero attached hydrogens (tertiary/aromatic N) is 1. The zero-order chi connectivity index (χ0) is 16.0. The molecular formula is C19H35NO2. The molecule has 0 aromatic rings. The lowest BCUT2D eigenvalue weighted by atomic mass is 9.70. The van der Waals surface area contributed by atoms with Gasteiger partial charge in [0.2, 0.25) is 0 Å². The molecule has 1 saturated heterocycles. The summed E-state index contributed by atoms with van der Waals surface area (Å²) < 4.78 is 6.31. The zero-order valence-electron chi connectivity index (χ0n) is 15.0. The normalized spacial score (nSPS) is 42.7. The lowest BCUT2D eigenvalue weighted by molar-refractivity contribution is -0.114. The van der Waals surface area contributed by atoms with Crippen LogP contribution in [0.15, 0.2) is 0 Å². The van der Waals surface area contributed by atoms with E-state index in [-0.39, 0.29) is 11.5 Å². The third kappa shape index (κ3) is 3.09. The molecule has 3 nitrogen and oxygen atoms in total. The molecule has 22 heavy (non-hydrogen) atoms. The molecule has 1 aliphatic heterocycles. The Morgan fingerprint density at radius 1 is 1.27 bits per heavy atom. The number of hydrogen-bond acceptors (Lipinski definition) is 3. The molecule has 3 aliphatic rings. The van der Waals surface area contributed by atoms with Gasteiger partial charge in [0.25, 0.3) is 0 Å². The van der Waals surface area contributed by atoms with Gasteiger partial charge in [0.1, 0.15) is 0 Å². The van der Waals surface area contributed by atoms with E-state index in [1.54, 1.807) is 0 Å². The zero-order valence-corrected chi connectivity index (χ0v) is 15.0. The van der Waals surface area contributed by atoms with Gasteiger partial charge >= 0.3 is 0 Å². The fourth-order valence-electron chi connectivity index (χ4n) is 5.68. The minimum absolute atomic E-state index is 0.270. The van der Waals surface area contributed by atoms with Crippen LogP contribution in [0.25, 0.3) is 0 Å². The van der Waals surface area contributed by atoms with Crippen molar-refractivity contribution >= 4 is 0 Å². The van der Waals surface area contributed by atoms with Gasteiger partial charge in [0.05, 0.1) is 18.8 Å². The van der Waals surface area contributed by atoms with Gasteiger partial charge in [-0.25, -0.2) is 0 Å². The lowest BCUT2D eigenvalue weighted by Crippen LogP contribution is -2.45. The first kappa shape index (κ1) is 16.7. The summed E-state index contributed by atoms with van der Waals surface area (Å²) in [5.74, 6) is 1.58. The van der Waals surface area contributed by atoms with E-state index < -0.39 is 0 Å². The highest BCUT2D eigenvalue weighted by Crippen LogP contribution is 2.63. The summed E-state index contributed by atoms with van der Waals surface area (Å²) in [5, 5.41) is 10.4. The maximum Gasteiger partial charge on any atom is 0.0900 e. The minimum atomic E-state index is -0.344. The van der Waals surface area contributed by atoms with E-state index in [4.69, 9.17) is 4.74 Å². The Bertz CT molecular complexity index is 392. The van der Waals surface area contributed by atoms with Crippen molar-refractivity contribution in [1.29, 1.82) is 0 Å². The molecule has 5 atom stereocenters. The summed E-state index contributed by atoms with van der Waals surface area (Å²) in [6.45, 7) is 13.0. The molecule has 1 N–H and O–H groups in total. The monoisotopic (exact) mass is 309 g/mol. The first-order valence-electron chi connectivity index (χ1n) is 9.33. The second-order valence-corrected chi connectivity index (χ2v) is 9.29. The van der Waals surface area contributed by atoms with Crippen molar-refractivity contribution in [2.75, 3.05) is 26.2 Å². The Morgan fingerprint density at radius 2 is 2.05 bits per heavy atom. The molecule has 3 heteroatoms. The van der Waals surface area contributed by atoms with Gasteiger partial charge in [0, 0.05) is 13.1 Å². The average molecular weight is 309 g/mol. The van der Waals surface area contributed by atoms with Crippen LogP contribution in [0.3, 0.4) is 0 Å². The summed E-state index contributed by atoms with van der Waals surface area (Å²) in [4.78, 5) is 2.41. The number of fused-ring (bicyclic) bond motifs is 2. The predicted molar refractivity (Wildman–Crippen MR) is 89.8 cm³/mol. The number of likely N-dealkylation sites (tertiary alicyclic amines) is 1. The molecule has 3 rings (SSSR count). The van der Waals surface area contributed by atoms with E-state index >= 15 is 0 Å². The summed E-state index contributed by atoms with van der Waals surface area (Å²) in [6, 6.07) is 0. The number of aliphatic hydroxyl groups is 1. The number of β-amino-alcohol motifs (C(OH)–C–C–N with tert-alkyl or cyclic N) is 1. The SMILES string of the molecule is CC1CCCN(CC(O)COC2C3(C)CCC(C3)C2(C)C)C1. The number of hydrogen-bond donors (Lipinski definition) is 1. The van der Waals surface area contributed by atoms with Gasteiger partial charge in [-0.05, 0) is 61.3 Å². The van der Waals surface area contributed by atoms with Crippen molar-refractivity contribution in [3.05, 3.63) is 0 Å². The van der Waals surface area contributed by atoms with Gasteiger partial charge in [-0.2, -0.15) is 0 Å². The highest BCUT2D eigenvalue weighted by atomic mass is 16.5. The Labute approximate surface area is 136 Å². The van der Waals surface area contributed by atoms with E-state index in [1.807, 2.05) is 0 Å². The van der Waals surface area contributed by atoms with E-state index in [9.17, 15) is 5.11 Å². The highest BCUT2D eigenvalue weighted by molar-refractivity contribution is 5.09. The average Bonchev–Trinajstić information content (AvgIpc) is 2.89. The first-order valence-corrected chi connectivity index (χ1v) is 9.33. The molecule has 1 heterocycles. The van der Waals surface area contributed by atoms with Gasteiger partial charge < -0.3 is 14.7 Å². The molecule has 0 spiro atoms. The van der Waals surface area contributed by atoms with Crippen LogP contribution in [-0.4, -0.2) is 48.5 Å². The van der Waals surface area contributed by atoms with Crippen LogP contribution in [-0.2, 0) is 4.74 Å². The quantitative estimate of drug-likeness (QED) is 0.846. The standard InChI is InChI=1S/C19H35NO2/c1-14-6-5-9-20(11-14)12-16(21)13-22-17-18(2,3)15-7-8-19(17,4)10-15/h14-17,21H,5-13H2,1-4H3. The summed E-state index contributed by atoms with van der Waals surface area (Å²) >= 11 is 0. The maximum absolute atomic E-state index is 10.4. The van der Waals surface area contributed by atoms with E-state index in [0.717, 1.165) is 31.5 Å². The topological polar surface area (TPSA) is 32.7 Å². The molecular weight excluding hydrogens is 274 g/mol. The van der Waals surface area contributed by atoms with Crippen molar-refractivity contribution in [3.8, 4) is 0 Å². The van der Waals surface area contributed by atoms with Crippen molar-refractivity contribution < 1.29 is 9.84 Å². The third-order valence-electron chi connectivity index (χ3n) is 6.80. The fourth-order valence-corrected chi connectivity index (χ4v) is 5.68. The van der Waals surface area contributed by atoms with Crippen LogP contribution in [0.2, 0.25) is 0 Å². The Kier molecular flexibility index (Phi) is 4.61. The van der Waals surface area contributed by atoms with Crippen LogP contribution in [0.4, 0.5) is 0 Å². The molecule has 2 saturated carbocycles. The van der Waals surface area contributed by atoms with Gasteiger partial charge in [-0.15, -0.1) is 0 Å². The van der Waals surface area contributed by atoms with Crippen molar-refractivity contribution in [2.45, 2.75) is 72.0 Å². The van der Waals surface area contributed by atoms with Gasteiger partial charge in [0.15, 0.2) is 0 Å². The molecule has 128 valence electrons. The summed E-state index contributed by atoms with van der Waals surface area (Å²) in [5.41, 5.74) is 0.611. The summed E-state index contributed by atoms with van der Waals surface area (Å²) in [6.07, 6.45) is 6.54. The van der Waals surface area contributed by atoms with Crippen LogP contribution in [0, 0.1) is 22.7 Å². The second-order valence-electron chi connectivity index (χ2n) is 9.29. The minimum Gasteiger partial charge on any atom is -0.389 e. The number of rotatable bonds is 5. The smallest absolute Gasteiger partial charge is 0.0900 e. The molecule has 2 aliphatic carbocycles. The Balaban J connectivity index is 1.49.